The number of hydrogen-bond donors (Lipinski definition) is 0. The summed E-state index contributed by atoms with van der Waals surface area (Å²) in [5.41, 5.74) is 1.99. The lowest BCUT2D eigenvalue weighted by atomic mass is 9.95. The van der Waals surface area contributed by atoms with Crippen molar-refractivity contribution < 1.29 is 13.9 Å². The third-order valence-corrected chi connectivity index (χ3v) is 6.55. The van der Waals surface area contributed by atoms with Crippen molar-refractivity contribution in [2.45, 2.75) is 64.8 Å². The monoisotopic (exact) mass is 425 g/mol. The molecule has 2 aliphatic rings. The molecule has 1 fully saturated rings. The Morgan fingerprint density at radius 1 is 1.03 bits per heavy atom. The summed E-state index contributed by atoms with van der Waals surface area (Å²) in [4.78, 5) is 22.0. The summed E-state index contributed by atoms with van der Waals surface area (Å²) < 4.78 is 11.6. The Morgan fingerprint density at radius 3 is 2.65 bits per heavy atom. The molecule has 31 heavy (non-hydrogen) atoms. The summed E-state index contributed by atoms with van der Waals surface area (Å²) in [6.45, 7) is 7.64. The van der Waals surface area contributed by atoms with Gasteiger partial charge in [-0.15, -0.1) is 0 Å². The van der Waals surface area contributed by atoms with E-state index in [-0.39, 0.29) is 5.91 Å². The van der Waals surface area contributed by atoms with E-state index in [1.54, 1.807) is 6.92 Å². The minimum absolute atomic E-state index is 0.0874. The van der Waals surface area contributed by atoms with E-state index in [0.29, 0.717) is 43.1 Å². The second-order valence-electron chi connectivity index (χ2n) is 8.87. The third kappa shape index (κ3) is 5.67. The molecule has 0 N–H and O–H groups in total. The smallest absolute Gasteiger partial charge is 0.291 e. The highest BCUT2D eigenvalue weighted by atomic mass is 16.5. The molecule has 168 valence electrons. The molecule has 0 spiro atoms. The fraction of sp³-hybridized carbons (Fsp3) is 0.600. The molecule has 2 bridgehead atoms. The Balaban J connectivity index is 1.50. The van der Waals surface area contributed by atoms with Crippen LogP contribution >= 0.6 is 0 Å². The summed E-state index contributed by atoms with van der Waals surface area (Å²) in [5, 5.41) is 0. The number of aryl methyl sites for hydroxylation is 3. The zero-order chi connectivity index (χ0) is 21.6. The van der Waals surface area contributed by atoms with Crippen molar-refractivity contribution in [3.8, 4) is 5.75 Å². The van der Waals surface area contributed by atoms with Crippen LogP contribution in [0, 0.1) is 13.8 Å². The first-order valence-electron chi connectivity index (χ1n) is 11.8. The van der Waals surface area contributed by atoms with Gasteiger partial charge in [-0.05, 0) is 76.2 Å². The van der Waals surface area contributed by atoms with Crippen molar-refractivity contribution in [1.29, 1.82) is 0 Å². The van der Waals surface area contributed by atoms with Crippen LogP contribution in [-0.4, -0.2) is 59.5 Å². The molecule has 4 rings (SSSR count). The van der Waals surface area contributed by atoms with Crippen molar-refractivity contribution in [2.24, 2.45) is 0 Å². The average molecular weight is 426 g/mol. The predicted octanol–water partition coefficient (Wildman–Crippen LogP) is 4.39. The lowest BCUT2D eigenvalue weighted by Gasteiger charge is -2.36. The van der Waals surface area contributed by atoms with Gasteiger partial charge in [0.1, 0.15) is 12.4 Å². The number of nitrogens with zero attached hydrogens (tertiary/aromatic N) is 3. The molecule has 1 aromatic heterocycles. The molecule has 2 aromatic rings. The van der Waals surface area contributed by atoms with E-state index >= 15 is 0 Å². The van der Waals surface area contributed by atoms with Crippen molar-refractivity contribution in [3.05, 3.63) is 47.2 Å². The van der Waals surface area contributed by atoms with Crippen LogP contribution in [0.3, 0.4) is 0 Å². The number of ether oxygens (including phenoxy) is 1. The van der Waals surface area contributed by atoms with E-state index in [2.05, 4.69) is 28.1 Å². The van der Waals surface area contributed by atoms with Crippen LogP contribution in [0.2, 0.25) is 0 Å². The molecule has 6 heteroatoms. The summed E-state index contributed by atoms with van der Waals surface area (Å²) in [6.07, 6.45) is 8.31. The van der Waals surface area contributed by atoms with Crippen LogP contribution < -0.4 is 4.74 Å². The van der Waals surface area contributed by atoms with Crippen LogP contribution in [-0.2, 0) is 6.42 Å². The molecule has 1 aromatic carbocycles. The van der Waals surface area contributed by atoms with E-state index in [0.717, 1.165) is 31.6 Å². The van der Waals surface area contributed by atoms with Crippen molar-refractivity contribution in [2.75, 3.05) is 32.8 Å². The minimum Gasteiger partial charge on any atom is -0.492 e. The first-order chi connectivity index (χ1) is 15.1. The summed E-state index contributed by atoms with van der Waals surface area (Å²) in [5.74, 6) is 1.68. The Hall–Kier alpha value is -2.34. The van der Waals surface area contributed by atoms with Crippen LogP contribution in [0.5, 0.6) is 5.75 Å². The molecule has 1 atom stereocenters. The molecule has 0 radical (unpaired) electrons. The highest BCUT2D eigenvalue weighted by molar-refractivity contribution is 5.92. The zero-order valence-corrected chi connectivity index (χ0v) is 18.9. The van der Waals surface area contributed by atoms with Gasteiger partial charge in [-0.3, -0.25) is 4.79 Å². The normalized spacial score (nSPS) is 21.5. The standard InChI is InChI=1S/C25H35N3O3/c1-19-24(31-20(2)26-19)25(29)28-15-6-5-14-27-13-4-3-9-22(27)12-11-21-8-7-10-23(18-21)30-17-16-28/h7-8,10,18,22H,3-6,9,11-17H2,1-2H3. The quantitative estimate of drug-likeness (QED) is 0.678. The van der Waals surface area contributed by atoms with Crippen molar-refractivity contribution >= 4 is 5.91 Å². The number of amides is 1. The van der Waals surface area contributed by atoms with Crippen LogP contribution in [0.25, 0.3) is 0 Å². The number of piperidine rings is 1. The molecular formula is C25H35N3O3. The number of carbonyl (C=O) groups excluding carboxylic acids is 1. The molecule has 1 saturated heterocycles. The fourth-order valence-corrected chi connectivity index (χ4v) is 4.88. The number of carbonyl (C=O) groups is 1. The van der Waals surface area contributed by atoms with Gasteiger partial charge >= 0.3 is 0 Å². The first kappa shape index (κ1) is 21.9. The lowest BCUT2D eigenvalue weighted by molar-refractivity contribution is 0.0687. The van der Waals surface area contributed by atoms with Crippen LogP contribution in [0.4, 0.5) is 0 Å². The number of fused-ring (bicyclic) bond motifs is 3. The van der Waals surface area contributed by atoms with Gasteiger partial charge in [0.2, 0.25) is 5.76 Å². The van der Waals surface area contributed by atoms with E-state index < -0.39 is 0 Å². The van der Waals surface area contributed by atoms with Gasteiger partial charge < -0.3 is 19.0 Å². The summed E-state index contributed by atoms with van der Waals surface area (Å²) >= 11 is 0. The highest BCUT2D eigenvalue weighted by Gasteiger charge is 2.24. The maximum Gasteiger partial charge on any atom is 0.291 e. The predicted molar refractivity (Wildman–Crippen MR) is 121 cm³/mol. The molecule has 1 unspecified atom stereocenters. The Bertz CT molecular complexity index is 879. The second-order valence-corrected chi connectivity index (χ2v) is 8.87. The maximum absolute atomic E-state index is 13.2. The van der Waals surface area contributed by atoms with E-state index in [9.17, 15) is 4.79 Å². The molecule has 3 heterocycles. The Morgan fingerprint density at radius 2 is 1.84 bits per heavy atom. The molecule has 6 nitrogen and oxygen atoms in total. The van der Waals surface area contributed by atoms with Gasteiger partial charge in [-0.25, -0.2) is 4.98 Å². The third-order valence-electron chi connectivity index (χ3n) is 6.55. The highest BCUT2D eigenvalue weighted by Crippen LogP contribution is 2.24. The van der Waals surface area contributed by atoms with E-state index in [1.165, 1.54) is 37.8 Å². The van der Waals surface area contributed by atoms with E-state index in [1.807, 2.05) is 17.9 Å². The van der Waals surface area contributed by atoms with Gasteiger partial charge in [0.15, 0.2) is 5.89 Å². The number of benzene rings is 1. The van der Waals surface area contributed by atoms with E-state index in [4.69, 9.17) is 9.15 Å². The summed E-state index contributed by atoms with van der Waals surface area (Å²) in [6, 6.07) is 9.10. The lowest BCUT2D eigenvalue weighted by Crippen LogP contribution is -2.40. The maximum atomic E-state index is 13.2. The first-order valence-corrected chi connectivity index (χ1v) is 11.8. The molecule has 0 saturated carbocycles. The fourth-order valence-electron chi connectivity index (χ4n) is 4.88. The molecule has 0 aliphatic carbocycles. The second kappa shape index (κ2) is 10.3. The average Bonchev–Trinajstić information content (AvgIpc) is 3.11. The molecule has 2 aliphatic heterocycles. The number of oxazole rings is 1. The minimum atomic E-state index is -0.0874. The van der Waals surface area contributed by atoms with Gasteiger partial charge in [-0.2, -0.15) is 0 Å². The summed E-state index contributed by atoms with van der Waals surface area (Å²) in [7, 11) is 0. The van der Waals surface area contributed by atoms with Crippen molar-refractivity contribution in [1.82, 2.24) is 14.8 Å². The number of hydrogen-bond acceptors (Lipinski definition) is 5. The Kier molecular flexibility index (Phi) is 7.28. The Labute approximate surface area is 185 Å². The van der Waals surface area contributed by atoms with Crippen LogP contribution in [0.1, 0.15) is 66.2 Å². The van der Waals surface area contributed by atoms with Gasteiger partial charge in [-0.1, -0.05) is 18.6 Å². The number of rotatable bonds is 1. The van der Waals surface area contributed by atoms with Gasteiger partial charge in [0.25, 0.3) is 5.91 Å². The topological polar surface area (TPSA) is 58.8 Å². The van der Waals surface area contributed by atoms with Crippen LogP contribution in [0.15, 0.2) is 28.7 Å². The largest absolute Gasteiger partial charge is 0.492 e. The molecule has 1 amide bonds. The van der Waals surface area contributed by atoms with Gasteiger partial charge in [0, 0.05) is 19.5 Å². The SMILES string of the molecule is Cc1nc(C)c(C(=O)N2CCCCN3CCCCC3CCc3cccc(c3)OCC2)o1. The van der Waals surface area contributed by atoms with Gasteiger partial charge in [0.05, 0.1) is 12.2 Å². The molecular weight excluding hydrogens is 390 g/mol. The zero-order valence-electron chi connectivity index (χ0n) is 18.9. The number of aromatic nitrogens is 1. The van der Waals surface area contributed by atoms with Crippen molar-refractivity contribution in [3.63, 3.8) is 0 Å².